The lowest BCUT2D eigenvalue weighted by Gasteiger charge is -2.05. The summed E-state index contributed by atoms with van der Waals surface area (Å²) in [5, 5.41) is 10.6. The van der Waals surface area contributed by atoms with Gasteiger partial charge in [0.05, 0.1) is 0 Å². The Morgan fingerprint density at radius 2 is 2.24 bits per heavy atom. The number of benzene rings is 1. The van der Waals surface area contributed by atoms with Gasteiger partial charge < -0.3 is 9.84 Å². The van der Waals surface area contributed by atoms with Crippen molar-refractivity contribution in [1.82, 2.24) is 0 Å². The molecule has 0 bridgehead atoms. The highest BCUT2D eigenvalue weighted by Crippen LogP contribution is 2.25. The van der Waals surface area contributed by atoms with Crippen LogP contribution in [0.25, 0.3) is 0 Å². The maximum absolute atomic E-state index is 10.9. The molecule has 3 nitrogen and oxygen atoms in total. The third-order valence-corrected chi connectivity index (χ3v) is 3.48. The standard InChI is InChI=1S/C12H9BrO3S/c13-9-3-1-2-8(6-9)7-16-10-4-5-17-11(10)12(14)15/h1-6H,7H2,(H,14,15). The lowest BCUT2D eigenvalue weighted by atomic mass is 10.2. The fraction of sp³-hybridized carbons (Fsp3) is 0.0833. The number of aromatic carboxylic acids is 1. The van der Waals surface area contributed by atoms with Crippen molar-refractivity contribution in [2.24, 2.45) is 0 Å². The normalized spacial score (nSPS) is 10.2. The van der Waals surface area contributed by atoms with E-state index in [4.69, 9.17) is 9.84 Å². The van der Waals surface area contributed by atoms with Crippen LogP contribution in [-0.4, -0.2) is 11.1 Å². The molecule has 0 atom stereocenters. The molecule has 1 aromatic heterocycles. The molecular weight excluding hydrogens is 304 g/mol. The Morgan fingerprint density at radius 3 is 2.94 bits per heavy atom. The Hall–Kier alpha value is -1.33. The first kappa shape index (κ1) is 12.1. The highest BCUT2D eigenvalue weighted by molar-refractivity contribution is 9.10. The highest BCUT2D eigenvalue weighted by Gasteiger charge is 2.12. The molecule has 88 valence electrons. The maximum Gasteiger partial charge on any atom is 0.349 e. The highest BCUT2D eigenvalue weighted by atomic mass is 79.9. The second kappa shape index (κ2) is 5.33. The molecule has 17 heavy (non-hydrogen) atoms. The summed E-state index contributed by atoms with van der Waals surface area (Å²) in [6.45, 7) is 0.358. The quantitative estimate of drug-likeness (QED) is 0.934. The van der Waals surface area contributed by atoms with E-state index in [1.165, 1.54) is 0 Å². The van der Waals surface area contributed by atoms with Gasteiger partial charge in [-0.2, -0.15) is 0 Å². The fourth-order valence-electron chi connectivity index (χ4n) is 1.35. The van der Waals surface area contributed by atoms with E-state index in [1.807, 2.05) is 24.3 Å². The van der Waals surface area contributed by atoms with E-state index in [1.54, 1.807) is 11.4 Å². The Morgan fingerprint density at radius 1 is 1.41 bits per heavy atom. The van der Waals surface area contributed by atoms with E-state index in [0.29, 0.717) is 12.4 Å². The van der Waals surface area contributed by atoms with Gasteiger partial charge in [0.15, 0.2) is 4.88 Å². The zero-order valence-electron chi connectivity index (χ0n) is 8.72. The molecule has 1 heterocycles. The number of hydrogen-bond acceptors (Lipinski definition) is 3. The lowest BCUT2D eigenvalue weighted by Crippen LogP contribution is -2.00. The van der Waals surface area contributed by atoms with Crippen LogP contribution in [0.3, 0.4) is 0 Å². The van der Waals surface area contributed by atoms with E-state index in [-0.39, 0.29) is 4.88 Å². The van der Waals surface area contributed by atoms with Crippen molar-refractivity contribution < 1.29 is 14.6 Å². The van der Waals surface area contributed by atoms with Crippen molar-refractivity contribution in [2.75, 3.05) is 0 Å². The maximum atomic E-state index is 10.9. The molecule has 0 fully saturated rings. The predicted octanol–water partition coefficient (Wildman–Crippen LogP) is 3.79. The number of thiophene rings is 1. The zero-order chi connectivity index (χ0) is 12.3. The Kier molecular flexibility index (Phi) is 3.81. The minimum atomic E-state index is -0.954. The molecule has 0 spiro atoms. The Labute approximate surface area is 111 Å². The van der Waals surface area contributed by atoms with Crippen LogP contribution in [0.2, 0.25) is 0 Å². The fourth-order valence-corrected chi connectivity index (χ4v) is 2.47. The van der Waals surface area contributed by atoms with Gasteiger partial charge >= 0.3 is 5.97 Å². The number of rotatable bonds is 4. The molecule has 0 aliphatic rings. The third kappa shape index (κ3) is 3.08. The van der Waals surface area contributed by atoms with Crippen LogP contribution in [0.1, 0.15) is 15.2 Å². The Bertz CT molecular complexity index is 536. The lowest BCUT2D eigenvalue weighted by molar-refractivity contribution is 0.0697. The molecule has 0 aliphatic heterocycles. The molecule has 0 amide bonds. The summed E-state index contributed by atoms with van der Waals surface area (Å²) in [6.07, 6.45) is 0. The number of hydrogen-bond donors (Lipinski definition) is 1. The third-order valence-electron chi connectivity index (χ3n) is 2.11. The Balaban J connectivity index is 2.07. The number of ether oxygens (including phenoxy) is 1. The summed E-state index contributed by atoms with van der Waals surface area (Å²) in [7, 11) is 0. The summed E-state index contributed by atoms with van der Waals surface area (Å²) in [4.78, 5) is 11.1. The molecule has 0 radical (unpaired) electrons. The monoisotopic (exact) mass is 312 g/mol. The molecule has 0 saturated heterocycles. The number of halogens is 1. The van der Waals surface area contributed by atoms with Crippen LogP contribution in [0.4, 0.5) is 0 Å². The van der Waals surface area contributed by atoms with Crippen LogP contribution >= 0.6 is 27.3 Å². The number of carboxylic acids is 1. The molecule has 1 N–H and O–H groups in total. The van der Waals surface area contributed by atoms with Gasteiger partial charge in [-0.15, -0.1) is 11.3 Å². The van der Waals surface area contributed by atoms with E-state index in [9.17, 15) is 4.79 Å². The van der Waals surface area contributed by atoms with Gasteiger partial charge in [-0.1, -0.05) is 28.1 Å². The van der Waals surface area contributed by atoms with Gasteiger partial charge in [0.1, 0.15) is 12.4 Å². The van der Waals surface area contributed by atoms with Gasteiger partial charge in [0.2, 0.25) is 0 Å². The molecular formula is C12H9BrO3S. The second-order valence-electron chi connectivity index (χ2n) is 3.34. The summed E-state index contributed by atoms with van der Waals surface area (Å²) in [6, 6.07) is 9.38. The summed E-state index contributed by atoms with van der Waals surface area (Å²) in [5.41, 5.74) is 0.988. The first-order valence-corrected chi connectivity index (χ1v) is 6.52. The molecule has 5 heteroatoms. The minimum Gasteiger partial charge on any atom is -0.487 e. The predicted molar refractivity (Wildman–Crippen MR) is 69.8 cm³/mol. The van der Waals surface area contributed by atoms with Gasteiger partial charge in [-0.05, 0) is 29.1 Å². The van der Waals surface area contributed by atoms with Gasteiger partial charge in [0, 0.05) is 4.47 Å². The smallest absolute Gasteiger partial charge is 0.349 e. The number of carbonyl (C=O) groups is 1. The van der Waals surface area contributed by atoms with Gasteiger partial charge in [-0.25, -0.2) is 4.79 Å². The van der Waals surface area contributed by atoms with Crippen LogP contribution in [0.5, 0.6) is 5.75 Å². The molecule has 2 rings (SSSR count). The largest absolute Gasteiger partial charge is 0.487 e. The SMILES string of the molecule is O=C(O)c1sccc1OCc1cccc(Br)c1. The van der Waals surface area contributed by atoms with E-state index in [2.05, 4.69) is 15.9 Å². The second-order valence-corrected chi connectivity index (χ2v) is 5.17. The topological polar surface area (TPSA) is 46.5 Å². The summed E-state index contributed by atoms with van der Waals surface area (Å²) >= 11 is 4.53. The summed E-state index contributed by atoms with van der Waals surface area (Å²) < 4.78 is 6.46. The van der Waals surface area contributed by atoms with E-state index in [0.717, 1.165) is 21.4 Å². The van der Waals surface area contributed by atoms with Gasteiger partial charge in [-0.3, -0.25) is 0 Å². The van der Waals surface area contributed by atoms with Crippen molar-refractivity contribution in [3.05, 3.63) is 50.6 Å². The first-order valence-electron chi connectivity index (χ1n) is 4.85. The van der Waals surface area contributed by atoms with Gasteiger partial charge in [0.25, 0.3) is 0 Å². The van der Waals surface area contributed by atoms with Crippen molar-refractivity contribution in [3.8, 4) is 5.75 Å². The molecule has 1 aromatic carbocycles. The average Bonchev–Trinajstić information content (AvgIpc) is 2.74. The van der Waals surface area contributed by atoms with Crippen LogP contribution in [0.15, 0.2) is 40.2 Å². The molecule has 0 aliphatic carbocycles. The van der Waals surface area contributed by atoms with Crippen LogP contribution in [0, 0.1) is 0 Å². The zero-order valence-corrected chi connectivity index (χ0v) is 11.1. The van der Waals surface area contributed by atoms with Crippen LogP contribution < -0.4 is 4.74 Å². The summed E-state index contributed by atoms with van der Waals surface area (Å²) in [5.74, 6) is -0.535. The van der Waals surface area contributed by atoms with Crippen molar-refractivity contribution in [1.29, 1.82) is 0 Å². The first-order chi connectivity index (χ1) is 8.16. The van der Waals surface area contributed by atoms with Crippen molar-refractivity contribution in [3.63, 3.8) is 0 Å². The minimum absolute atomic E-state index is 0.236. The molecule has 0 unspecified atom stereocenters. The average molecular weight is 313 g/mol. The number of carboxylic acid groups (broad SMARTS) is 1. The van der Waals surface area contributed by atoms with E-state index >= 15 is 0 Å². The van der Waals surface area contributed by atoms with E-state index < -0.39 is 5.97 Å². The van der Waals surface area contributed by atoms with Crippen molar-refractivity contribution in [2.45, 2.75) is 6.61 Å². The molecule has 2 aromatic rings. The molecule has 0 saturated carbocycles. The van der Waals surface area contributed by atoms with Crippen molar-refractivity contribution >= 4 is 33.2 Å². The van der Waals surface area contributed by atoms with Crippen LogP contribution in [-0.2, 0) is 6.61 Å².